The lowest BCUT2D eigenvalue weighted by atomic mass is 10.1. The highest BCUT2D eigenvalue weighted by Gasteiger charge is 2.38. The number of nitrogens with one attached hydrogen (secondary N) is 1. The van der Waals surface area contributed by atoms with Crippen LogP contribution in [-0.2, 0) is 10.0 Å². The van der Waals surface area contributed by atoms with Crippen LogP contribution in [0.2, 0.25) is 0 Å². The molecule has 0 aliphatic carbocycles. The Morgan fingerprint density at radius 1 is 1.31 bits per heavy atom. The number of aromatic nitrogens is 1. The zero-order chi connectivity index (χ0) is 19.1. The van der Waals surface area contributed by atoms with Crippen molar-refractivity contribution >= 4 is 26.8 Å². The number of para-hydroxylation sites is 1. The van der Waals surface area contributed by atoms with Crippen LogP contribution in [-0.4, -0.2) is 72.7 Å². The zero-order valence-corrected chi connectivity index (χ0v) is 15.4. The number of sulfonamides is 1. The number of fused-ring (bicyclic) bond motifs is 1. The second-order valence-electron chi connectivity index (χ2n) is 6.69. The third kappa shape index (κ3) is 3.50. The lowest BCUT2D eigenvalue weighted by molar-refractivity contribution is 0.0766. The van der Waals surface area contributed by atoms with E-state index in [2.05, 4.69) is 4.98 Å². The van der Waals surface area contributed by atoms with Gasteiger partial charge in [-0.25, -0.2) is 12.7 Å². The van der Waals surface area contributed by atoms with Crippen LogP contribution in [0.5, 0.6) is 0 Å². The van der Waals surface area contributed by atoms with E-state index >= 15 is 0 Å². The molecule has 9 heteroatoms. The van der Waals surface area contributed by atoms with Gasteiger partial charge in [-0.3, -0.25) is 9.59 Å². The Kier molecular flexibility index (Phi) is 4.87. The predicted octanol–water partition coefficient (Wildman–Crippen LogP) is -0.148. The molecule has 2 N–H and O–H groups in total. The predicted molar refractivity (Wildman–Crippen MR) is 97.4 cm³/mol. The molecule has 8 nitrogen and oxygen atoms in total. The summed E-state index contributed by atoms with van der Waals surface area (Å²) >= 11 is 0. The van der Waals surface area contributed by atoms with Crippen LogP contribution < -0.4 is 5.56 Å². The summed E-state index contributed by atoms with van der Waals surface area (Å²) in [4.78, 5) is 28.8. The van der Waals surface area contributed by atoms with Gasteiger partial charge in [0.1, 0.15) is 0 Å². The van der Waals surface area contributed by atoms with E-state index in [4.69, 9.17) is 0 Å². The van der Waals surface area contributed by atoms with Crippen LogP contribution in [0.3, 0.4) is 0 Å². The number of aromatic amines is 1. The molecule has 0 spiro atoms. The first-order valence-corrected chi connectivity index (χ1v) is 9.79. The number of aliphatic hydroxyl groups is 1. The first-order valence-electron chi connectivity index (χ1n) is 8.18. The first-order chi connectivity index (χ1) is 12.2. The summed E-state index contributed by atoms with van der Waals surface area (Å²) in [6.07, 6.45) is -0.929. The van der Waals surface area contributed by atoms with Crippen LogP contribution >= 0.6 is 0 Å². The molecule has 3 rings (SSSR count). The van der Waals surface area contributed by atoms with Crippen LogP contribution in [0.4, 0.5) is 0 Å². The molecule has 1 aliphatic heterocycles. The molecule has 0 saturated carbocycles. The number of β-amino-alcohol motifs (C(OH)–C–C–N with tert-alkyl or cyclic N) is 1. The van der Waals surface area contributed by atoms with Crippen molar-refractivity contribution < 1.29 is 18.3 Å². The number of carbonyl (C=O) groups excluding carboxylic acids is 1. The standard InChI is InChI=1S/C17H21N3O5S/c1-19(2)26(24,25)10-11-8-20(9-15(11)21)17(23)13-7-16(22)18-14-6-4-3-5-12(13)14/h3-7,11,15,21H,8-10H2,1-2H3,(H,18,22)/t11-,15-/m0/s1. The van der Waals surface area contributed by atoms with Gasteiger partial charge in [-0.1, -0.05) is 18.2 Å². The van der Waals surface area contributed by atoms with Gasteiger partial charge < -0.3 is 15.0 Å². The van der Waals surface area contributed by atoms with E-state index < -0.39 is 33.5 Å². The molecule has 1 fully saturated rings. The van der Waals surface area contributed by atoms with E-state index in [1.807, 2.05) is 0 Å². The maximum atomic E-state index is 12.9. The smallest absolute Gasteiger partial charge is 0.254 e. The van der Waals surface area contributed by atoms with E-state index in [0.717, 1.165) is 4.31 Å². The highest BCUT2D eigenvalue weighted by molar-refractivity contribution is 7.89. The fourth-order valence-corrected chi connectivity index (χ4v) is 4.32. The summed E-state index contributed by atoms with van der Waals surface area (Å²) in [6.45, 7) is 0.155. The Balaban J connectivity index is 1.87. The van der Waals surface area contributed by atoms with Gasteiger partial charge in [-0.05, 0) is 6.07 Å². The molecule has 2 aromatic rings. The van der Waals surface area contributed by atoms with Crippen molar-refractivity contribution in [3.63, 3.8) is 0 Å². The number of carbonyl (C=O) groups is 1. The maximum Gasteiger partial charge on any atom is 0.254 e. The monoisotopic (exact) mass is 379 g/mol. The van der Waals surface area contributed by atoms with Crippen molar-refractivity contribution in [3.8, 4) is 0 Å². The van der Waals surface area contributed by atoms with Gasteiger partial charge in [0.05, 0.1) is 17.4 Å². The quantitative estimate of drug-likeness (QED) is 0.768. The summed E-state index contributed by atoms with van der Waals surface area (Å²) in [5.74, 6) is -1.20. The van der Waals surface area contributed by atoms with Crippen LogP contribution in [0, 0.1) is 5.92 Å². The van der Waals surface area contributed by atoms with Crippen molar-refractivity contribution in [2.24, 2.45) is 5.92 Å². The molecule has 2 atom stereocenters. The lowest BCUT2D eigenvalue weighted by Gasteiger charge is -2.18. The largest absolute Gasteiger partial charge is 0.391 e. The molecule has 1 aromatic heterocycles. The summed E-state index contributed by atoms with van der Waals surface area (Å²) in [5, 5.41) is 10.8. The second-order valence-corrected chi connectivity index (χ2v) is 8.92. The van der Waals surface area contributed by atoms with E-state index in [-0.39, 0.29) is 24.4 Å². The van der Waals surface area contributed by atoms with Gasteiger partial charge in [0, 0.05) is 50.1 Å². The molecule has 1 amide bonds. The Hall–Kier alpha value is -2.23. The number of likely N-dealkylation sites (tertiary alicyclic amines) is 1. The molecule has 26 heavy (non-hydrogen) atoms. The number of benzene rings is 1. The minimum atomic E-state index is -3.49. The van der Waals surface area contributed by atoms with Crippen LogP contribution in [0.1, 0.15) is 10.4 Å². The molecule has 1 aliphatic rings. The molecule has 0 bridgehead atoms. The number of hydrogen-bond acceptors (Lipinski definition) is 5. The Morgan fingerprint density at radius 2 is 2.00 bits per heavy atom. The zero-order valence-electron chi connectivity index (χ0n) is 14.5. The van der Waals surface area contributed by atoms with Gasteiger partial charge >= 0.3 is 0 Å². The summed E-state index contributed by atoms with van der Waals surface area (Å²) in [6, 6.07) is 8.20. The Labute approximate surface area is 151 Å². The lowest BCUT2D eigenvalue weighted by Crippen LogP contribution is -2.33. The van der Waals surface area contributed by atoms with Crippen molar-refractivity contribution in [3.05, 3.63) is 46.2 Å². The number of hydrogen-bond donors (Lipinski definition) is 2. The minimum Gasteiger partial charge on any atom is -0.391 e. The normalized spacial score (nSPS) is 20.8. The number of aliphatic hydroxyl groups excluding tert-OH is 1. The molecular weight excluding hydrogens is 358 g/mol. The van der Waals surface area contributed by atoms with Gasteiger partial charge in [-0.2, -0.15) is 0 Å². The van der Waals surface area contributed by atoms with Gasteiger partial charge in [-0.15, -0.1) is 0 Å². The Bertz CT molecular complexity index is 999. The van der Waals surface area contributed by atoms with E-state index in [1.54, 1.807) is 24.3 Å². The van der Waals surface area contributed by atoms with Gasteiger partial charge in [0.15, 0.2) is 0 Å². The van der Waals surface area contributed by atoms with Crippen molar-refractivity contribution in [2.75, 3.05) is 32.9 Å². The van der Waals surface area contributed by atoms with Gasteiger partial charge in [0.25, 0.3) is 5.91 Å². The van der Waals surface area contributed by atoms with Crippen molar-refractivity contribution in [1.82, 2.24) is 14.2 Å². The SMILES string of the molecule is CN(C)S(=O)(=O)C[C@@H]1CN(C(=O)c2cc(=O)[nH]c3ccccc23)C[C@@H]1O. The van der Waals surface area contributed by atoms with E-state index in [1.165, 1.54) is 25.1 Å². The van der Waals surface area contributed by atoms with Crippen LogP contribution in [0.15, 0.2) is 35.1 Å². The first kappa shape index (κ1) is 18.6. The number of rotatable bonds is 4. The number of pyridine rings is 1. The van der Waals surface area contributed by atoms with Crippen LogP contribution in [0.25, 0.3) is 10.9 Å². The third-order valence-corrected chi connectivity index (χ3v) is 6.62. The Morgan fingerprint density at radius 3 is 2.69 bits per heavy atom. The summed E-state index contributed by atoms with van der Waals surface area (Å²) in [7, 11) is -0.624. The van der Waals surface area contributed by atoms with E-state index in [0.29, 0.717) is 10.9 Å². The molecule has 0 radical (unpaired) electrons. The third-order valence-electron chi connectivity index (χ3n) is 4.66. The molecule has 0 unspecified atom stereocenters. The number of nitrogens with zero attached hydrogens (tertiary/aromatic N) is 2. The van der Waals surface area contributed by atoms with E-state index in [9.17, 15) is 23.1 Å². The fraction of sp³-hybridized carbons (Fsp3) is 0.412. The maximum absolute atomic E-state index is 12.9. The highest BCUT2D eigenvalue weighted by atomic mass is 32.2. The molecule has 140 valence electrons. The molecule has 1 aromatic carbocycles. The summed E-state index contributed by atoms with van der Waals surface area (Å²) < 4.78 is 25.2. The summed E-state index contributed by atoms with van der Waals surface area (Å²) in [5.41, 5.74) is 0.404. The van der Waals surface area contributed by atoms with Crippen molar-refractivity contribution in [2.45, 2.75) is 6.10 Å². The molecule has 1 saturated heterocycles. The second kappa shape index (κ2) is 6.82. The minimum absolute atomic E-state index is 0.0353. The average Bonchev–Trinajstić information content (AvgIpc) is 2.93. The number of H-pyrrole nitrogens is 1. The molecular formula is C17H21N3O5S. The highest BCUT2D eigenvalue weighted by Crippen LogP contribution is 2.24. The fourth-order valence-electron chi connectivity index (χ4n) is 3.16. The van der Waals surface area contributed by atoms with Gasteiger partial charge in [0.2, 0.25) is 15.6 Å². The van der Waals surface area contributed by atoms with Crippen molar-refractivity contribution in [1.29, 1.82) is 0 Å². The average molecular weight is 379 g/mol. The number of amides is 1. The topological polar surface area (TPSA) is 111 Å². The molecule has 2 heterocycles.